The summed E-state index contributed by atoms with van der Waals surface area (Å²) in [6, 6.07) is 7.36. The summed E-state index contributed by atoms with van der Waals surface area (Å²) in [6.07, 6.45) is 4.92. The molecule has 0 aliphatic rings. The van der Waals surface area contributed by atoms with Crippen LogP contribution >= 0.6 is 0 Å². The molecule has 0 saturated carbocycles. The standard InChI is InChI=1S/C13H20O.CH2O3.2Ba/c1-2-3-4-5-6-9-12-10-7-8-11-13(12)14;2-1(3)4;;/h7-8,10-11,14H,2-6,9H2,1H3;(H2,2,3,4);;/q;;2*+2/p-3. The van der Waals surface area contributed by atoms with Crippen LogP contribution in [0.4, 0.5) is 4.79 Å². The van der Waals surface area contributed by atoms with E-state index in [2.05, 4.69) is 6.92 Å². The minimum absolute atomic E-state index is 0. The van der Waals surface area contributed by atoms with Crippen molar-refractivity contribution in [1.82, 2.24) is 0 Å². The van der Waals surface area contributed by atoms with E-state index in [1.807, 2.05) is 18.2 Å². The Morgan fingerprint density at radius 2 is 1.50 bits per heavy atom. The second-order valence-corrected chi connectivity index (χ2v) is 4.02. The summed E-state index contributed by atoms with van der Waals surface area (Å²) >= 11 is 0. The van der Waals surface area contributed by atoms with Gasteiger partial charge < -0.3 is 20.1 Å². The first-order valence-electron chi connectivity index (χ1n) is 6.20. The van der Waals surface area contributed by atoms with E-state index in [0.717, 1.165) is 18.4 Å². The van der Waals surface area contributed by atoms with Crippen LogP contribution in [0, 0.1) is 0 Å². The summed E-state index contributed by atoms with van der Waals surface area (Å²) in [7, 11) is 0. The Labute approximate surface area is 201 Å². The molecule has 0 amide bonds. The topological polar surface area (TPSA) is 86.2 Å². The Hall–Kier alpha value is 1.43. The van der Waals surface area contributed by atoms with E-state index in [9.17, 15) is 5.11 Å². The molecule has 0 radical (unpaired) electrons. The first-order chi connectivity index (χ1) is 8.57. The van der Waals surface area contributed by atoms with E-state index in [0.29, 0.717) is 0 Å². The fourth-order valence-electron chi connectivity index (χ4n) is 1.63. The Bertz CT molecular complexity index is 342. The molecule has 1 aromatic rings. The van der Waals surface area contributed by atoms with Gasteiger partial charge in [0.05, 0.1) is 0 Å². The molecule has 0 bridgehead atoms. The summed E-state index contributed by atoms with van der Waals surface area (Å²) in [5.41, 5.74) is 0.976. The van der Waals surface area contributed by atoms with Gasteiger partial charge in [0.25, 0.3) is 0 Å². The van der Waals surface area contributed by atoms with Crippen LogP contribution in [0.5, 0.6) is 5.75 Å². The molecular formula is C14H19Ba2O4+. The third-order valence-electron chi connectivity index (χ3n) is 2.52. The molecule has 6 heteroatoms. The molecular weight excluding hydrogens is 507 g/mol. The molecule has 0 aliphatic heterocycles. The summed E-state index contributed by atoms with van der Waals surface area (Å²) in [5.74, 6) is 0.197. The average molecular weight is 526 g/mol. The molecule has 0 N–H and O–H groups in total. The molecule has 1 aromatic carbocycles. The number of rotatable bonds is 6. The Morgan fingerprint density at radius 1 is 1.00 bits per heavy atom. The maximum atomic E-state index is 11.3. The van der Waals surface area contributed by atoms with Gasteiger partial charge in [-0.25, -0.2) is 0 Å². The van der Waals surface area contributed by atoms with E-state index in [1.165, 1.54) is 25.7 Å². The largest absolute Gasteiger partial charge is 2.00 e. The molecule has 0 heterocycles. The molecule has 4 nitrogen and oxygen atoms in total. The summed E-state index contributed by atoms with van der Waals surface area (Å²) < 4.78 is 0. The van der Waals surface area contributed by atoms with E-state index in [-0.39, 0.29) is 104 Å². The van der Waals surface area contributed by atoms with Crippen molar-refractivity contribution in [3.63, 3.8) is 0 Å². The monoisotopic (exact) mass is 527 g/mol. The van der Waals surface area contributed by atoms with Crippen molar-refractivity contribution in [2.75, 3.05) is 0 Å². The molecule has 1 rings (SSSR count). The van der Waals surface area contributed by atoms with Crippen LogP contribution < -0.4 is 15.3 Å². The number of carbonyl (C=O) groups excluding carboxylic acids is 1. The molecule has 0 aliphatic carbocycles. The Morgan fingerprint density at radius 3 is 2.00 bits per heavy atom. The van der Waals surface area contributed by atoms with Crippen LogP contribution in [0.15, 0.2) is 24.3 Å². The van der Waals surface area contributed by atoms with Crippen molar-refractivity contribution in [3.05, 3.63) is 29.8 Å². The molecule has 0 unspecified atom stereocenters. The van der Waals surface area contributed by atoms with E-state index < -0.39 is 6.16 Å². The predicted molar refractivity (Wildman–Crippen MR) is 75.3 cm³/mol. The molecule has 0 saturated heterocycles. The number of carbonyl (C=O) groups is 1. The van der Waals surface area contributed by atoms with Crippen molar-refractivity contribution in [2.24, 2.45) is 0 Å². The summed E-state index contributed by atoms with van der Waals surface area (Å²) in [4.78, 5) is 8.33. The summed E-state index contributed by atoms with van der Waals surface area (Å²) in [5, 5.41) is 28.0. The number of hydrogen-bond donors (Lipinski definition) is 0. The number of aryl methyl sites for hydroxylation is 1. The average Bonchev–Trinajstić information content (AvgIpc) is 2.30. The normalized spacial score (nSPS) is 8.45. The number of unbranched alkanes of at least 4 members (excludes halogenated alkanes) is 4. The fourth-order valence-corrected chi connectivity index (χ4v) is 1.63. The number of benzene rings is 1. The van der Waals surface area contributed by atoms with Gasteiger partial charge in [0.15, 0.2) is 0 Å². The van der Waals surface area contributed by atoms with Gasteiger partial charge in [0.1, 0.15) is 0 Å². The molecule has 0 aromatic heterocycles. The van der Waals surface area contributed by atoms with Crippen LogP contribution in [0.25, 0.3) is 0 Å². The second kappa shape index (κ2) is 18.5. The molecule has 0 spiro atoms. The van der Waals surface area contributed by atoms with Crippen LogP contribution in [-0.4, -0.2) is 104 Å². The Kier molecular flexibility index (Phi) is 24.3. The fraction of sp³-hybridized carbons (Fsp3) is 0.500. The van der Waals surface area contributed by atoms with Gasteiger partial charge in [0, 0.05) is 0 Å². The van der Waals surface area contributed by atoms with Crippen molar-refractivity contribution < 1.29 is 20.1 Å². The van der Waals surface area contributed by atoms with Gasteiger partial charge in [0.2, 0.25) is 0 Å². The first-order valence-corrected chi connectivity index (χ1v) is 6.20. The quantitative estimate of drug-likeness (QED) is 0.388. The molecule has 102 valence electrons. The smallest absolute Gasteiger partial charge is 0.872 e. The minimum atomic E-state index is -2.33. The van der Waals surface area contributed by atoms with Gasteiger partial charge in [-0.05, 0) is 19.0 Å². The van der Waals surface area contributed by atoms with E-state index >= 15 is 0 Å². The van der Waals surface area contributed by atoms with Crippen molar-refractivity contribution in [1.29, 1.82) is 0 Å². The van der Waals surface area contributed by atoms with Crippen LogP contribution in [-0.2, 0) is 6.42 Å². The van der Waals surface area contributed by atoms with Crippen molar-refractivity contribution >= 4 is 104 Å². The zero-order chi connectivity index (χ0) is 13.8. The van der Waals surface area contributed by atoms with E-state index in [4.69, 9.17) is 15.0 Å². The molecule has 20 heavy (non-hydrogen) atoms. The second-order valence-electron chi connectivity index (χ2n) is 4.02. The summed E-state index contributed by atoms with van der Waals surface area (Å²) in [6.45, 7) is 2.22. The zero-order valence-electron chi connectivity index (χ0n) is 12.1. The third-order valence-corrected chi connectivity index (χ3v) is 2.52. The van der Waals surface area contributed by atoms with Gasteiger partial charge in [-0.3, -0.25) is 0 Å². The molecule has 0 fully saturated rings. The first kappa shape index (κ1) is 26.3. The van der Waals surface area contributed by atoms with Crippen LogP contribution in [0.2, 0.25) is 0 Å². The maximum absolute atomic E-state index is 11.3. The number of hydrogen-bond acceptors (Lipinski definition) is 4. The number of para-hydroxylation sites is 1. The SMILES string of the molecule is CCCCCCCc1ccccc1[O-].O=C([O-])[O-].[Ba+2].[Ba+2]. The van der Waals surface area contributed by atoms with E-state index in [1.54, 1.807) is 6.07 Å². The maximum Gasteiger partial charge on any atom is 2.00 e. The van der Waals surface area contributed by atoms with Crippen LogP contribution in [0.3, 0.4) is 0 Å². The number of carboxylic acid groups (broad SMARTS) is 2. The molecule has 0 atom stereocenters. The van der Waals surface area contributed by atoms with Gasteiger partial charge >= 0.3 is 97.8 Å². The third kappa shape index (κ3) is 17.5. The minimum Gasteiger partial charge on any atom is -0.872 e. The van der Waals surface area contributed by atoms with Gasteiger partial charge in [-0.15, -0.1) is 5.75 Å². The van der Waals surface area contributed by atoms with Crippen molar-refractivity contribution in [2.45, 2.75) is 45.4 Å². The van der Waals surface area contributed by atoms with Crippen molar-refractivity contribution in [3.8, 4) is 5.75 Å². The van der Waals surface area contributed by atoms with Gasteiger partial charge in [-0.1, -0.05) is 62.4 Å². The van der Waals surface area contributed by atoms with Crippen LogP contribution in [0.1, 0.15) is 44.6 Å². The van der Waals surface area contributed by atoms with Gasteiger partial charge in [-0.2, -0.15) is 0 Å². The Balaban J connectivity index is -0.000000429. The zero-order valence-corrected chi connectivity index (χ0v) is 21.0. The predicted octanol–water partition coefficient (Wildman–Crippen LogP) is 0.0645.